The van der Waals surface area contributed by atoms with Gasteiger partial charge < -0.3 is 21.1 Å². The number of anilines is 2. The summed E-state index contributed by atoms with van der Waals surface area (Å²) in [5, 5.41) is 25.1. The van der Waals surface area contributed by atoms with Gasteiger partial charge in [-0.2, -0.15) is 0 Å². The molecule has 0 aliphatic heterocycles. The SMILES string of the molecule is CCC(C)Nc1c(C=N)nc(C(=O)O)nc1N[C@@H](c1cnc2ccccc2c1)C1CC1. The Labute approximate surface area is 180 Å². The Balaban J connectivity index is 1.77. The number of nitrogens with one attached hydrogen (secondary N) is 3. The van der Waals surface area contributed by atoms with Gasteiger partial charge in [-0.15, -0.1) is 0 Å². The second kappa shape index (κ2) is 8.67. The standard InChI is InChI=1S/C23H26N6O2/c1-3-13(2)26-20-18(11-24)27-22(23(30)31)29-21(20)28-19(14-8-9-14)16-10-15-6-4-5-7-17(15)25-12-16/h4-7,10-14,19,24,26H,3,8-9H2,1-2H3,(H,30,31)(H,27,28,29)/t13?,19-/m1/s1. The molecule has 8 nitrogen and oxygen atoms in total. The van der Waals surface area contributed by atoms with Gasteiger partial charge in [-0.25, -0.2) is 14.8 Å². The Kier molecular flexibility index (Phi) is 5.79. The van der Waals surface area contributed by atoms with Crippen molar-refractivity contribution >= 4 is 34.6 Å². The Hall–Kier alpha value is -3.55. The number of carboxylic acid groups (broad SMARTS) is 1. The second-order valence-corrected chi connectivity index (χ2v) is 7.98. The molecule has 1 saturated carbocycles. The van der Waals surface area contributed by atoms with Crippen molar-refractivity contribution in [3.05, 3.63) is 53.6 Å². The van der Waals surface area contributed by atoms with Crippen molar-refractivity contribution in [2.24, 2.45) is 5.92 Å². The van der Waals surface area contributed by atoms with Crippen LogP contribution in [0.15, 0.2) is 36.5 Å². The molecular formula is C23H26N6O2. The molecule has 3 aromatic rings. The Morgan fingerprint density at radius 2 is 2.06 bits per heavy atom. The molecule has 2 heterocycles. The Morgan fingerprint density at radius 1 is 1.29 bits per heavy atom. The zero-order valence-corrected chi connectivity index (χ0v) is 17.6. The van der Waals surface area contributed by atoms with Crippen LogP contribution < -0.4 is 10.6 Å². The van der Waals surface area contributed by atoms with Crippen LogP contribution in [0.4, 0.5) is 11.5 Å². The molecule has 1 aliphatic rings. The third kappa shape index (κ3) is 4.47. The van der Waals surface area contributed by atoms with E-state index in [4.69, 9.17) is 5.41 Å². The number of pyridine rings is 1. The highest BCUT2D eigenvalue weighted by Gasteiger charge is 2.34. The number of rotatable bonds is 9. The van der Waals surface area contributed by atoms with E-state index in [1.54, 1.807) is 0 Å². The van der Waals surface area contributed by atoms with Crippen LogP contribution in [0, 0.1) is 11.3 Å². The minimum absolute atomic E-state index is 0.0651. The molecule has 1 unspecified atom stereocenters. The summed E-state index contributed by atoms with van der Waals surface area (Å²) in [6, 6.07) is 10.1. The van der Waals surface area contributed by atoms with Gasteiger partial charge in [0, 0.05) is 23.8 Å². The number of fused-ring (bicyclic) bond motifs is 1. The van der Waals surface area contributed by atoms with Crippen molar-refractivity contribution < 1.29 is 9.90 Å². The van der Waals surface area contributed by atoms with Gasteiger partial charge in [0.05, 0.1) is 11.6 Å². The molecule has 0 radical (unpaired) electrons. The van der Waals surface area contributed by atoms with Gasteiger partial charge >= 0.3 is 5.97 Å². The second-order valence-electron chi connectivity index (χ2n) is 7.98. The van der Waals surface area contributed by atoms with E-state index >= 15 is 0 Å². The summed E-state index contributed by atoms with van der Waals surface area (Å²) in [5.74, 6) is -0.749. The highest BCUT2D eigenvalue weighted by Crippen LogP contribution is 2.44. The van der Waals surface area contributed by atoms with Crippen LogP contribution >= 0.6 is 0 Å². The number of aromatic nitrogens is 3. The first kappa shape index (κ1) is 20.7. The molecule has 4 rings (SSSR count). The van der Waals surface area contributed by atoms with Crippen molar-refractivity contribution in [1.82, 2.24) is 15.0 Å². The van der Waals surface area contributed by atoms with Gasteiger partial charge in [-0.1, -0.05) is 25.1 Å². The van der Waals surface area contributed by atoms with E-state index in [1.165, 1.54) is 0 Å². The first-order chi connectivity index (χ1) is 15.0. The van der Waals surface area contributed by atoms with Crippen LogP contribution in [0.25, 0.3) is 10.9 Å². The number of aromatic carboxylic acids is 1. The molecule has 0 amide bonds. The highest BCUT2D eigenvalue weighted by molar-refractivity contribution is 5.92. The quantitative estimate of drug-likeness (QED) is 0.377. The summed E-state index contributed by atoms with van der Waals surface area (Å²) in [4.78, 5) is 24.5. The molecule has 1 aromatic carbocycles. The van der Waals surface area contributed by atoms with Crippen molar-refractivity contribution in [3.8, 4) is 0 Å². The largest absolute Gasteiger partial charge is 0.475 e. The fourth-order valence-electron chi connectivity index (χ4n) is 3.58. The molecular weight excluding hydrogens is 392 g/mol. The summed E-state index contributed by atoms with van der Waals surface area (Å²) in [6.45, 7) is 4.07. The van der Waals surface area contributed by atoms with Crippen LogP contribution in [-0.4, -0.2) is 38.3 Å². The number of carboxylic acids is 1. The number of carbonyl (C=O) groups is 1. The third-order valence-electron chi connectivity index (χ3n) is 5.62. The molecule has 0 bridgehead atoms. The van der Waals surface area contributed by atoms with Gasteiger partial charge in [0.1, 0.15) is 11.4 Å². The van der Waals surface area contributed by atoms with Crippen molar-refractivity contribution in [1.29, 1.82) is 5.41 Å². The summed E-state index contributed by atoms with van der Waals surface area (Å²) >= 11 is 0. The van der Waals surface area contributed by atoms with E-state index in [1.807, 2.05) is 37.4 Å². The lowest BCUT2D eigenvalue weighted by molar-refractivity contribution is 0.0683. The van der Waals surface area contributed by atoms with Crippen LogP contribution in [0.3, 0.4) is 0 Å². The number of hydrogen-bond donors (Lipinski definition) is 4. The third-order valence-corrected chi connectivity index (χ3v) is 5.62. The van der Waals surface area contributed by atoms with E-state index in [-0.39, 0.29) is 23.6 Å². The minimum Gasteiger partial charge on any atom is -0.475 e. The number of hydrogen-bond acceptors (Lipinski definition) is 7. The maximum absolute atomic E-state index is 11.6. The normalized spacial score (nSPS) is 15.3. The molecule has 31 heavy (non-hydrogen) atoms. The summed E-state index contributed by atoms with van der Waals surface area (Å²) in [7, 11) is 0. The molecule has 160 valence electrons. The number of benzene rings is 1. The average Bonchev–Trinajstić information content (AvgIpc) is 3.62. The predicted octanol–water partition coefficient (Wildman–Crippen LogP) is 4.49. The molecule has 4 N–H and O–H groups in total. The van der Waals surface area contributed by atoms with E-state index in [2.05, 4.69) is 38.6 Å². The van der Waals surface area contributed by atoms with Crippen LogP contribution in [0.5, 0.6) is 0 Å². The monoisotopic (exact) mass is 418 g/mol. The van der Waals surface area contributed by atoms with Crippen LogP contribution in [-0.2, 0) is 0 Å². The molecule has 0 saturated heterocycles. The number of nitrogens with zero attached hydrogens (tertiary/aromatic N) is 3. The first-order valence-corrected chi connectivity index (χ1v) is 10.5. The minimum atomic E-state index is -1.23. The number of para-hydroxylation sites is 1. The van der Waals surface area contributed by atoms with Gasteiger partial charge in [0.2, 0.25) is 5.82 Å². The highest BCUT2D eigenvalue weighted by atomic mass is 16.4. The predicted molar refractivity (Wildman–Crippen MR) is 121 cm³/mol. The van der Waals surface area contributed by atoms with E-state index in [0.717, 1.165) is 41.9 Å². The summed E-state index contributed by atoms with van der Waals surface area (Å²) in [5.41, 5.74) is 2.76. The van der Waals surface area contributed by atoms with Gasteiger partial charge in [0.25, 0.3) is 0 Å². The molecule has 2 aromatic heterocycles. The van der Waals surface area contributed by atoms with Gasteiger partial charge in [0.15, 0.2) is 5.82 Å². The van der Waals surface area contributed by atoms with Crippen LogP contribution in [0.1, 0.15) is 61.0 Å². The zero-order valence-electron chi connectivity index (χ0n) is 17.6. The first-order valence-electron chi connectivity index (χ1n) is 10.5. The van der Waals surface area contributed by atoms with E-state index in [0.29, 0.717) is 17.4 Å². The molecule has 8 heteroatoms. The zero-order chi connectivity index (χ0) is 22.0. The molecule has 0 spiro atoms. The lowest BCUT2D eigenvalue weighted by Gasteiger charge is -2.24. The Morgan fingerprint density at radius 3 is 2.74 bits per heavy atom. The van der Waals surface area contributed by atoms with Crippen molar-refractivity contribution in [2.45, 2.75) is 45.2 Å². The van der Waals surface area contributed by atoms with Gasteiger partial charge in [-0.05, 0) is 49.8 Å². The Bertz CT molecular complexity index is 1130. The van der Waals surface area contributed by atoms with Crippen molar-refractivity contribution in [2.75, 3.05) is 10.6 Å². The fourth-order valence-corrected chi connectivity index (χ4v) is 3.58. The van der Waals surface area contributed by atoms with Crippen molar-refractivity contribution in [3.63, 3.8) is 0 Å². The summed E-state index contributed by atoms with van der Waals surface area (Å²) < 4.78 is 0. The fraction of sp³-hybridized carbons (Fsp3) is 0.348. The van der Waals surface area contributed by atoms with Crippen LogP contribution in [0.2, 0.25) is 0 Å². The molecule has 1 aliphatic carbocycles. The molecule has 1 fully saturated rings. The molecule has 2 atom stereocenters. The van der Waals surface area contributed by atoms with E-state index < -0.39 is 5.97 Å². The topological polar surface area (TPSA) is 124 Å². The smallest absolute Gasteiger partial charge is 0.374 e. The average molecular weight is 419 g/mol. The van der Waals surface area contributed by atoms with Gasteiger partial charge in [-0.3, -0.25) is 4.98 Å². The lowest BCUT2D eigenvalue weighted by Crippen LogP contribution is -2.22. The maximum Gasteiger partial charge on any atom is 0.374 e. The summed E-state index contributed by atoms with van der Waals surface area (Å²) in [6.07, 6.45) is 5.95. The maximum atomic E-state index is 11.6. The lowest BCUT2D eigenvalue weighted by atomic mass is 10.0. The van der Waals surface area contributed by atoms with E-state index in [9.17, 15) is 9.90 Å².